The van der Waals surface area contributed by atoms with E-state index < -0.39 is 0 Å². The molecule has 0 saturated heterocycles. The van der Waals surface area contributed by atoms with Crippen LogP contribution in [-0.2, 0) is 0 Å². The number of halogens is 1. The van der Waals surface area contributed by atoms with Gasteiger partial charge in [0.1, 0.15) is 5.75 Å². The van der Waals surface area contributed by atoms with Crippen molar-refractivity contribution in [2.24, 2.45) is 0 Å². The molecule has 106 valence electrons. The largest absolute Gasteiger partial charge is 0.493 e. The van der Waals surface area contributed by atoms with Gasteiger partial charge in [-0.2, -0.15) is 0 Å². The van der Waals surface area contributed by atoms with E-state index in [4.69, 9.17) is 22.1 Å². The minimum Gasteiger partial charge on any atom is -0.493 e. The molecule has 7 heteroatoms. The van der Waals surface area contributed by atoms with Crippen molar-refractivity contribution in [2.45, 2.75) is 24.0 Å². The number of benzene rings is 1. The first kappa shape index (κ1) is 13.6. The first-order chi connectivity index (χ1) is 9.74. The van der Waals surface area contributed by atoms with Crippen LogP contribution in [0.3, 0.4) is 0 Å². The molecule has 0 unspecified atom stereocenters. The van der Waals surface area contributed by atoms with Crippen molar-refractivity contribution in [1.82, 2.24) is 14.8 Å². The summed E-state index contributed by atoms with van der Waals surface area (Å²) in [4.78, 5) is 0. The van der Waals surface area contributed by atoms with E-state index in [1.54, 1.807) is 17.8 Å². The topological polar surface area (TPSA) is 66.0 Å². The zero-order chi connectivity index (χ0) is 13.9. The SMILES string of the molecule is Nc1nnc(SCCOc2cccc(Cl)c2)n1C1CC1. The third kappa shape index (κ3) is 3.19. The number of hydrogen-bond acceptors (Lipinski definition) is 5. The molecule has 3 rings (SSSR count). The molecule has 0 bridgehead atoms. The Bertz CT molecular complexity index is 600. The van der Waals surface area contributed by atoms with Gasteiger partial charge in [0.05, 0.1) is 6.61 Å². The molecular formula is C13H15ClN4OS. The minimum atomic E-state index is 0.487. The van der Waals surface area contributed by atoms with Crippen LogP contribution >= 0.6 is 23.4 Å². The number of nitrogens with two attached hydrogens (primary N) is 1. The Balaban J connectivity index is 1.50. The van der Waals surface area contributed by atoms with E-state index in [1.165, 1.54) is 0 Å². The molecule has 1 aliphatic carbocycles. The molecule has 1 fully saturated rings. The molecule has 0 spiro atoms. The Morgan fingerprint density at radius 2 is 2.25 bits per heavy atom. The normalized spacial score (nSPS) is 14.4. The number of nitrogen functional groups attached to an aromatic ring is 1. The van der Waals surface area contributed by atoms with Gasteiger partial charge in [-0.25, -0.2) is 0 Å². The summed E-state index contributed by atoms with van der Waals surface area (Å²) in [6.45, 7) is 0.586. The maximum Gasteiger partial charge on any atom is 0.222 e. The van der Waals surface area contributed by atoms with Crippen LogP contribution in [0.15, 0.2) is 29.4 Å². The standard InChI is InChI=1S/C13H15ClN4OS/c14-9-2-1-3-11(8-9)19-6-7-20-13-17-16-12(15)18(13)10-4-5-10/h1-3,8,10H,4-7H2,(H2,15,16). The fourth-order valence-corrected chi connectivity index (χ4v) is 2.92. The summed E-state index contributed by atoms with van der Waals surface area (Å²) in [6.07, 6.45) is 2.32. The number of nitrogens with zero attached hydrogens (tertiary/aromatic N) is 3. The molecule has 2 N–H and O–H groups in total. The van der Waals surface area contributed by atoms with Crippen LogP contribution in [0.1, 0.15) is 18.9 Å². The van der Waals surface area contributed by atoms with Gasteiger partial charge in [-0.15, -0.1) is 10.2 Å². The van der Waals surface area contributed by atoms with E-state index in [2.05, 4.69) is 10.2 Å². The summed E-state index contributed by atoms with van der Waals surface area (Å²) in [6, 6.07) is 7.87. The number of aromatic nitrogens is 3. The monoisotopic (exact) mass is 310 g/mol. The van der Waals surface area contributed by atoms with Gasteiger partial charge in [0.2, 0.25) is 5.95 Å². The van der Waals surface area contributed by atoms with E-state index in [0.29, 0.717) is 23.6 Å². The van der Waals surface area contributed by atoms with E-state index in [0.717, 1.165) is 29.5 Å². The molecule has 1 aromatic carbocycles. The first-order valence-electron chi connectivity index (χ1n) is 6.45. The highest BCUT2D eigenvalue weighted by molar-refractivity contribution is 7.99. The van der Waals surface area contributed by atoms with Crippen molar-refractivity contribution < 1.29 is 4.74 Å². The van der Waals surface area contributed by atoms with Crippen molar-refractivity contribution >= 4 is 29.3 Å². The Hall–Kier alpha value is -1.40. The lowest BCUT2D eigenvalue weighted by Crippen LogP contribution is -2.04. The second-order valence-electron chi connectivity index (χ2n) is 4.60. The Labute approximate surface area is 126 Å². The molecule has 2 aromatic rings. The quantitative estimate of drug-likeness (QED) is 0.656. The average molecular weight is 311 g/mol. The predicted octanol–water partition coefficient (Wildman–Crippen LogP) is 3.02. The molecule has 5 nitrogen and oxygen atoms in total. The van der Waals surface area contributed by atoms with Crippen LogP contribution in [0.4, 0.5) is 5.95 Å². The van der Waals surface area contributed by atoms with Crippen LogP contribution in [0.25, 0.3) is 0 Å². The fourth-order valence-electron chi connectivity index (χ4n) is 1.91. The van der Waals surface area contributed by atoms with Gasteiger partial charge in [0, 0.05) is 16.8 Å². The van der Waals surface area contributed by atoms with Crippen molar-refractivity contribution in [3.63, 3.8) is 0 Å². The maximum atomic E-state index is 5.90. The summed E-state index contributed by atoms with van der Waals surface area (Å²) in [5.41, 5.74) is 5.82. The first-order valence-corrected chi connectivity index (χ1v) is 7.82. The maximum absolute atomic E-state index is 5.90. The van der Waals surface area contributed by atoms with E-state index in [9.17, 15) is 0 Å². The zero-order valence-corrected chi connectivity index (χ0v) is 12.4. The zero-order valence-electron chi connectivity index (χ0n) is 10.8. The van der Waals surface area contributed by atoms with Gasteiger partial charge in [-0.3, -0.25) is 4.57 Å². The summed E-state index contributed by atoms with van der Waals surface area (Å²) >= 11 is 7.51. The molecule has 1 aliphatic rings. The number of ether oxygens (including phenoxy) is 1. The Morgan fingerprint density at radius 3 is 3.00 bits per heavy atom. The molecule has 1 heterocycles. The Morgan fingerprint density at radius 1 is 1.40 bits per heavy atom. The second kappa shape index (κ2) is 5.93. The average Bonchev–Trinajstić information content (AvgIpc) is 3.19. The van der Waals surface area contributed by atoms with Gasteiger partial charge in [0.15, 0.2) is 5.16 Å². The summed E-state index contributed by atoms with van der Waals surface area (Å²) < 4.78 is 7.66. The third-order valence-electron chi connectivity index (χ3n) is 2.98. The van der Waals surface area contributed by atoms with Crippen molar-refractivity contribution in [3.8, 4) is 5.75 Å². The second-order valence-corrected chi connectivity index (χ2v) is 6.09. The van der Waals surface area contributed by atoms with Crippen molar-refractivity contribution in [2.75, 3.05) is 18.1 Å². The van der Waals surface area contributed by atoms with Crippen LogP contribution in [0.2, 0.25) is 5.02 Å². The highest BCUT2D eigenvalue weighted by Crippen LogP contribution is 2.39. The lowest BCUT2D eigenvalue weighted by atomic mass is 10.3. The van der Waals surface area contributed by atoms with Gasteiger partial charge in [0.25, 0.3) is 0 Å². The van der Waals surface area contributed by atoms with Gasteiger partial charge < -0.3 is 10.5 Å². The van der Waals surface area contributed by atoms with Gasteiger partial charge >= 0.3 is 0 Å². The smallest absolute Gasteiger partial charge is 0.222 e. The Kier molecular flexibility index (Phi) is 4.03. The van der Waals surface area contributed by atoms with Crippen LogP contribution in [0.5, 0.6) is 5.75 Å². The van der Waals surface area contributed by atoms with E-state index in [-0.39, 0.29) is 0 Å². The highest BCUT2D eigenvalue weighted by atomic mass is 35.5. The van der Waals surface area contributed by atoms with Crippen molar-refractivity contribution in [3.05, 3.63) is 29.3 Å². The highest BCUT2D eigenvalue weighted by Gasteiger charge is 2.28. The van der Waals surface area contributed by atoms with Gasteiger partial charge in [-0.1, -0.05) is 29.4 Å². The van der Waals surface area contributed by atoms with Crippen LogP contribution in [0, 0.1) is 0 Å². The number of rotatable bonds is 6. The molecule has 0 amide bonds. The molecule has 0 radical (unpaired) electrons. The van der Waals surface area contributed by atoms with E-state index in [1.807, 2.05) is 22.8 Å². The number of thioether (sulfide) groups is 1. The minimum absolute atomic E-state index is 0.487. The molecule has 0 atom stereocenters. The number of hydrogen-bond donors (Lipinski definition) is 1. The molecular weight excluding hydrogens is 296 g/mol. The van der Waals surface area contributed by atoms with E-state index >= 15 is 0 Å². The molecule has 20 heavy (non-hydrogen) atoms. The summed E-state index contributed by atoms with van der Waals surface area (Å²) in [7, 11) is 0. The number of anilines is 1. The van der Waals surface area contributed by atoms with Gasteiger partial charge in [-0.05, 0) is 31.0 Å². The lowest BCUT2D eigenvalue weighted by Gasteiger charge is -2.07. The lowest BCUT2D eigenvalue weighted by molar-refractivity contribution is 0.344. The summed E-state index contributed by atoms with van der Waals surface area (Å²) in [5, 5.41) is 9.60. The fraction of sp³-hybridized carbons (Fsp3) is 0.385. The van der Waals surface area contributed by atoms with Crippen LogP contribution < -0.4 is 10.5 Å². The van der Waals surface area contributed by atoms with Crippen LogP contribution in [-0.4, -0.2) is 27.1 Å². The van der Waals surface area contributed by atoms with Crippen molar-refractivity contribution in [1.29, 1.82) is 0 Å². The molecule has 1 saturated carbocycles. The molecule has 0 aliphatic heterocycles. The third-order valence-corrected chi connectivity index (χ3v) is 4.12. The predicted molar refractivity (Wildman–Crippen MR) is 80.4 cm³/mol. The molecule has 1 aromatic heterocycles. The summed E-state index contributed by atoms with van der Waals surface area (Å²) in [5.74, 6) is 2.07.